The minimum absolute atomic E-state index is 0.0174. The van der Waals surface area contributed by atoms with Crippen LogP contribution < -0.4 is 5.32 Å². The molecule has 0 saturated carbocycles. The van der Waals surface area contributed by atoms with E-state index >= 15 is 0 Å². The zero-order valence-corrected chi connectivity index (χ0v) is 55.0. The normalized spacial score (nSPS) is 12.6. The van der Waals surface area contributed by atoms with Crippen molar-refractivity contribution in [2.24, 2.45) is 0 Å². The number of aliphatic hydroxyl groups is 2. The largest absolute Gasteiger partial charge is 0.466 e. The number of carbonyl (C=O) groups excluding carboxylic acids is 2. The van der Waals surface area contributed by atoms with E-state index in [9.17, 15) is 19.8 Å². The van der Waals surface area contributed by atoms with Gasteiger partial charge in [0.05, 0.1) is 25.4 Å². The van der Waals surface area contributed by atoms with Crippen molar-refractivity contribution in [1.82, 2.24) is 5.32 Å². The zero-order valence-electron chi connectivity index (χ0n) is 55.0. The highest BCUT2D eigenvalue weighted by Crippen LogP contribution is 2.19. The summed E-state index contributed by atoms with van der Waals surface area (Å²) in [6, 6.07) is -0.627. The fourth-order valence-corrected chi connectivity index (χ4v) is 11.8. The molecular weight excluding hydrogens is 995 g/mol. The van der Waals surface area contributed by atoms with Gasteiger partial charge in [-0.1, -0.05) is 372 Å². The first-order chi connectivity index (χ1) is 40.0. The van der Waals surface area contributed by atoms with Gasteiger partial charge in [-0.15, -0.1) is 0 Å². The van der Waals surface area contributed by atoms with Gasteiger partial charge in [-0.25, -0.2) is 0 Å². The van der Waals surface area contributed by atoms with Crippen LogP contribution in [0.25, 0.3) is 0 Å². The van der Waals surface area contributed by atoms with Gasteiger partial charge in [-0.2, -0.15) is 0 Å². The number of nitrogens with one attached hydrogen (secondary N) is 1. The minimum atomic E-state index is -0.843. The Morgan fingerprint density at radius 3 is 0.877 bits per heavy atom. The first-order valence-electron chi connectivity index (χ1n) is 37.1. The molecule has 0 bridgehead atoms. The molecule has 2 atom stereocenters. The number of hydrogen-bond acceptors (Lipinski definition) is 5. The summed E-state index contributed by atoms with van der Waals surface area (Å²) in [4.78, 5) is 24.6. The van der Waals surface area contributed by atoms with E-state index in [-0.39, 0.29) is 18.5 Å². The molecule has 0 aromatic heterocycles. The summed E-state index contributed by atoms with van der Waals surface area (Å²) in [6.07, 6.45) is 89.8. The van der Waals surface area contributed by atoms with Gasteiger partial charge in [0.15, 0.2) is 0 Å². The highest BCUT2D eigenvalue weighted by molar-refractivity contribution is 5.76. The van der Waals surface area contributed by atoms with Crippen LogP contribution in [0.15, 0.2) is 24.3 Å². The molecule has 480 valence electrons. The van der Waals surface area contributed by atoms with Gasteiger partial charge in [-0.3, -0.25) is 9.59 Å². The van der Waals surface area contributed by atoms with E-state index in [1.165, 1.54) is 353 Å². The maximum Gasteiger partial charge on any atom is 0.305 e. The van der Waals surface area contributed by atoms with Gasteiger partial charge in [0, 0.05) is 12.8 Å². The van der Waals surface area contributed by atoms with Gasteiger partial charge >= 0.3 is 5.97 Å². The fraction of sp³-hybridized carbons (Fsp3) is 0.920. The second kappa shape index (κ2) is 70.8. The summed E-state index contributed by atoms with van der Waals surface area (Å²) in [5, 5.41) is 23.2. The Kier molecular flexibility index (Phi) is 69.4. The molecule has 1 amide bonds. The molecule has 81 heavy (non-hydrogen) atoms. The number of unbranched alkanes of at least 4 members (excludes halogenated alkanes) is 57. The van der Waals surface area contributed by atoms with Gasteiger partial charge < -0.3 is 20.3 Å². The van der Waals surface area contributed by atoms with Crippen LogP contribution in [-0.4, -0.2) is 47.4 Å². The highest BCUT2D eigenvalue weighted by atomic mass is 16.5. The van der Waals surface area contributed by atoms with E-state index < -0.39 is 12.1 Å². The molecule has 0 heterocycles. The van der Waals surface area contributed by atoms with Gasteiger partial charge in [0.2, 0.25) is 5.91 Å². The molecular formula is C75H145NO5. The van der Waals surface area contributed by atoms with E-state index in [4.69, 9.17) is 4.74 Å². The molecule has 0 aromatic carbocycles. The molecule has 0 aromatic rings. The maximum atomic E-state index is 12.5. The SMILES string of the molecule is CCCCCCCC/C=C\CCCCCCCCCCCC(=O)OCCCCCCCCCCCCCCCCCCCCCCCCCCCCC(=O)NC(CO)C(O)/C=C/CCCCCCCCCCCCCCCCCCC. The minimum Gasteiger partial charge on any atom is -0.466 e. The van der Waals surface area contributed by atoms with Gasteiger partial charge in [-0.05, 0) is 57.8 Å². The Balaban J connectivity index is 3.36. The van der Waals surface area contributed by atoms with Crippen molar-refractivity contribution in [1.29, 1.82) is 0 Å². The molecule has 6 nitrogen and oxygen atoms in total. The summed E-state index contributed by atoms with van der Waals surface area (Å²) in [5.74, 6) is -0.0443. The molecule has 0 spiro atoms. The third kappa shape index (κ3) is 67.3. The van der Waals surface area contributed by atoms with Gasteiger partial charge in [0.25, 0.3) is 0 Å². The Bertz CT molecular complexity index is 1270. The lowest BCUT2D eigenvalue weighted by atomic mass is 10.0. The molecule has 6 heteroatoms. The lowest BCUT2D eigenvalue weighted by Gasteiger charge is -2.20. The molecule has 0 aliphatic rings. The molecule has 0 radical (unpaired) electrons. The predicted octanol–water partition coefficient (Wildman–Crippen LogP) is 24.1. The molecule has 0 saturated heterocycles. The molecule has 2 unspecified atom stereocenters. The fourth-order valence-electron chi connectivity index (χ4n) is 11.8. The number of rotatable bonds is 70. The lowest BCUT2D eigenvalue weighted by molar-refractivity contribution is -0.143. The number of allylic oxidation sites excluding steroid dienone is 3. The monoisotopic (exact) mass is 1140 g/mol. The third-order valence-corrected chi connectivity index (χ3v) is 17.5. The third-order valence-electron chi connectivity index (χ3n) is 17.5. The van der Waals surface area contributed by atoms with Crippen molar-refractivity contribution in [2.45, 2.75) is 431 Å². The number of ether oxygens (including phenoxy) is 1. The van der Waals surface area contributed by atoms with Crippen LogP contribution >= 0.6 is 0 Å². The lowest BCUT2D eigenvalue weighted by Crippen LogP contribution is -2.45. The first kappa shape index (κ1) is 79.3. The van der Waals surface area contributed by atoms with Crippen molar-refractivity contribution < 1.29 is 24.5 Å². The van der Waals surface area contributed by atoms with Crippen LogP contribution in [0.5, 0.6) is 0 Å². The topological polar surface area (TPSA) is 95.9 Å². The summed E-state index contributed by atoms with van der Waals surface area (Å²) in [6.45, 7) is 4.94. The number of hydrogen-bond donors (Lipinski definition) is 3. The zero-order chi connectivity index (χ0) is 58.5. The van der Waals surface area contributed by atoms with Crippen molar-refractivity contribution in [3.05, 3.63) is 24.3 Å². The Hall–Kier alpha value is -1.66. The van der Waals surface area contributed by atoms with Crippen LogP contribution in [-0.2, 0) is 14.3 Å². The average Bonchev–Trinajstić information content (AvgIpc) is 3.47. The Morgan fingerprint density at radius 1 is 0.333 bits per heavy atom. The smallest absolute Gasteiger partial charge is 0.305 e. The first-order valence-corrected chi connectivity index (χ1v) is 37.1. The Labute approximate surface area is 507 Å². The predicted molar refractivity (Wildman–Crippen MR) is 356 cm³/mol. The van der Waals surface area contributed by atoms with Crippen LogP contribution in [0.4, 0.5) is 0 Å². The number of amides is 1. The molecule has 0 aliphatic carbocycles. The highest BCUT2D eigenvalue weighted by Gasteiger charge is 2.18. The van der Waals surface area contributed by atoms with Crippen LogP contribution in [0, 0.1) is 0 Å². The summed E-state index contributed by atoms with van der Waals surface area (Å²) >= 11 is 0. The quantitative estimate of drug-likeness (QED) is 0.0320. The Morgan fingerprint density at radius 2 is 0.580 bits per heavy atom. The van der Waals surface area contributed by atoms with E-state index in [0.29, 0.717) is 19.4 Å². The standard InChI is InChI=1S/C75H145NO5/c1-3-5-7-9-11-13-15-17-19-21-31-35-39-43-47-51-55-59-63-67-73(78)72(71-77)76-74(79)68-64-60-56-52-48-44-40-36-33-29-27-25-23-24-26-28-30-34-38-42-46-50-54-58-62-66-70-81-75(80)69-65-61-57-53-49-45-41-37-32-22-20-18-16-14-12-10-8-6-4-2/h18,20,63,67,72-73,77-78H,3-17,19,21-62,64-66,68-71H2,1-2H3,(H,76,79)/b20-18-,67-63+. The van der Waals surface area contributed by atoms with Crippen LogP contribution in [0.1, 0.15) is 418 Å². The van der Waals surface area contributed by atoms with Crippen LogP contribution in [0.3, 0.4) is 0 Å². The molecule has 0 aliphatic heterocycles. The number of aliphatic hydroxyl groups excluding tert-OH is 2. The van der Waals surface area contributed by atoms with E-state index in [0.717, 1.165) is 38.5 Å². The van der Waals surface area contributed by atoms with Crippen molar-refractivity contribution in [3.63, 3.8) is 0 Å². The van der Waals surface area contributed by atoms with Gasteiger partial charge in [0.1, 0.15) is 0 Å². The molecule has 0 fully saturated rings. The summed E-state index contributed by atoms with van der Waals surface area (Å²) in [7, 11) is 0. The average molecular weight is 1140 g/mol. The van der Waals surface area contributed by atoms with E-state index in [1.54, 1.807) is 6.08 Å². The van der Waals surface area contributed by atoms with Crippen molar-refractivity contribution >= 4 is 11.9 Å². The van der Waals surface area contributed by atoms with E-state index in [2.05, 4.69) is 31.3 Å². The van der Waals surface area contributed by atoms with Crippen molar-refractivity contribution in [3.8, 4) is 0 Å². The molecule has 3 N–H and O–H groups in total. The summed E-state index contributed by atoms with van der Waals surface area (Å²) in [5.41, 5.74) is 0. The number of esters is 1. The second-order valence-electron chi connectivity index (χ2n) is 25.6. The number of carbonyl (C=O) groups is 2. The molecule has 0 rings (SSSR count). The van der Waals surface area contributed by atoms with Crippen LogP contribution in [0.2, 0.25) is 0 Å². The maximum absolute atomic E-state index is 12.5. The second-order valence-corrected chi connectivity index (χ2v) is 25.6. The van der Waals surface area contributed by atoms with Crippen molar-refractivity contribution in [2.75, 3.05) is 13.2 Å². The summed E-state index contributed by atoms with van der Waals surface area (Å²) < 4.78 is 5.51. The van der Waals surface area contributed by atoms with E-state index in [1.807, 2.05) is 6.08 Å².